The smallest absolute Gasteiger partial charge is 0.385 e. The van der Waals surface area contributed by atoms with Gasteiger partial charge in [0, 0.05) is 4.47 Å². The molecule has 0 fully saturated rings. The fourth-order valence-corrected chi connectivity index (χ4v) is 2.92. The summed E-state index contributed by atoms with van der Waals surface area (Å²) in [6, 6.07) is 3.40. The third kappa shape index (κ3) is 4.62. The lowest BCUT2D eigenvalue weighted by molar-refractivity contribution is -0.462. The van der Waals surface area contributed by atoms with E-state index >= 15 is 0 Å². The quantitative estimate of drug-likeness (QED) is 0.273. The largest absolute Gasteiger partial charge is 0.460 e. The Hall–Kier alpha value is -1.53. The zero-order valence-corrected chi connectivity index (χ0v) is 18.4. The average Bonchev–Trinajstić information content (AvgIpc) is 2.65. The van der Waals surface area contributed by atoms with Crippen LogP contribution in [-0.2, 0) is 5.60 Å². The van der Waals surface area contributed by atoms with Crippen molar-refractivity contribution in [1.29, 1.82) is 0 Å². The van der Waals surface area contributed by atoms with Gasteiger partial charge in [-0.1, -0.05) is 28.1 Å². The van der Waals surface area contributed by atoms with E-state index in [0.717, 1.165) is 24.3 Å². The Morgan fingerprint density at radius 1 is 0.556 bits per heavy atom. The van der Waals surface area contributed by atoms with Crippen LogP contribution < -0.4 is 0 Å². The summed E-state index contributed by atoms with van der Waals surface area (Å²) in [5.74, 6) is -57.0. The Morgan fingerprint density at radius 3 is 1.19 bits per heavy atom. The standard InChI is InChI=1S/C17H10BrF17O/c1-9(36,7-2-4-8(18)5-3-7)6-10(19,20)11(21,22)12(23,24)13(25,26)14(27,28)15(29,30)16(31,32)17(33,34)35/h2-5,36H,6H2,1H3. The zero-order valence-electron chi connectivity index (χ0n) is 16.8. The summed E-state index contributed by atoms with van der Waals surface area (Å²) in [6.07, 6.45) is -10.8. The highest BCUT2D eigenvalue weighted by Gasteiger charge is 2.95. The van der Waals surface area contributed by atoms with Crippen LogP contribution in [0.25, 0.3) is 0 Å². The molecule has 1 atom stereocenters. The molecule has 0 amide bonds. The molecule has 0 saturated heterocycles. The van der Waals surface area contributed by atoms with Gasteiger partial charge >= 0.3 is 47.6 Å². The number of halogens is 18. The maximum absolute atomic E-state index is 14.1. The molecule has 0 aliphatic carbocycles. The second-order valence-corrected chi connectivity index (χ2v) is 8.52. The van der Waals surface area contributed by atoms with Gasteiger partial charge in [0.25, 0.3) is 0 Å². The van der Waals surface area contributed by atoms with Crippen molar-refractivity contribution in [2.75, 3.05) is 0 Å². The van der Waals surface area contributed by atoms with Crippen molar-refractivity contribution in [2.45, 2.75) is 66.6 Å². The number of hydrogen-bond acceptors (Lipinski definition) is 1. The summed E-state index contributed by atoms with van der Waals surface area (Å²) >= 11 is 2.83. The van der Waals surface area contributed by atoms with Crippen molar-refractivity contribution < 1.29 is 79.7 Å². The molecule has 0 radical (unpaired) electrons. The van der Waals surface area contributed by atoms with Gasteiger partial charge in [-0.05, 0) is 24.6 Å². The predicted octanol–water partition coefficient (Wildman–Crippen LogP) is 8.06. The fraction of sp³-hybridized carbons (Fsp3) is 0.647. The highest BCUT2D eigenvalue weighted by Crippen LogP contribution is 2.64. The number of hydrogen-bond donors (Lipinski definition) is 1. The van der Waals surface area contributed by atoms with E-state index in [1.54, 1.807) is 0 Å². The van der Waals surface area contributed by atoms with Crippen LogP contribution in [0, 0.1) is 0 Å². The van der Waals surface area contributed by atoms with Gasteiger partial charge in [0.05, 0.1) is 12.0 Å². The van der Waals surface area contributed by atoms with Crippen LogP contribution in [0.2, 0.25) is 0 Å². The first-order valence-corrected chi connectivity index (χ1v) is 9.45. The van der Waals surface area contributed by atoms with Crippen LogP contribution in [0.1, 0.15) is 18.9 Å². The molecule has 19 heteroatoms. The first-order valence-electron chi connectivity index (χ1n) is 8.65. The van der Waals surface area contributed by atoms with Crippen LogP contribution in [0.15, 0.2) is 28.7 Å². The molecular weight excluding hydrogens is 623 g/mol. The molecule has 1 aromatic carbocycles. The minimum atomic E-state index is -8.68. The molecular formula is C17H10BrF17O. The van der Waals surface area contributed by atoms with Crippen LogP contribution in [-0.4, -0.2) is 52.7 Å². The number of alkyl halides is 17. The van der Waals surface area contributed by atoms with Gasteiger partial charge in [-0.15, -0.1) is 0 Å². The van der Waals surface area contributed by atoms with E-state index in [-0.39, 0.29) is 11.4 Å². The topological polar surface area (TPSA) is 20.2 Å². The molecule has 0 bridgehead atoms. The number of benzene rings is 1. The van der Waals surface area contributed by atoms with E-state index in [1.807, 2.05) is 0 Å². The molecule has 0 aromatic heterocycles. The first kappa shape index (κ1) is 32.5. The zero-order chi connectivity index (χ0) is 29.2. The van der Waals surface area contributed by atoms with Crippen molar-refractivity contribution in [3.05, 3.63) is 34.3 Å². The van der Waals surface area contributed by atoms with E-state index in [0.29, 0.717) is 0 Å². The van der Waals surface area contributed by atoms with Crippen molar-refractivity contribution >= 4 is 15.9 Å². The SMILES string of the molecule is CC(O)(CC(F)(F)C(F)(F)C(F)(F)C(F)(F)C(F)(F)C(F)(F)C(F)(F)C(F)(F)F)c1ccc(Br)cc1. The third-order valence-corrected chi connectivity index (χ3v) is 5.35. The highest BCUT2D eigenvalue weighted by molar-refractivity contribution is 9.10. The third-order valence-electron chi connectivity index (χ3n) is 4.82. The highest BCUT2D eigenvalue weighted by atomic mass is 79.9. The van der Waals surface area contributed by atoms with Gasteiger partial charge in [0.2, 0.25) is 0 Å². The Balaban J connectivity index is 3.60. The molecule has 1 unspecified atom stereocenters. The monoisotopic (exact) mass is 632 g/mol. The summed E-state index contributed by atoms with van der Waals surface area (Å²) in [4.78, 5) is 0. The maximum atomic E-state index is 14.1. The van der Waals surface area contributed by atoms with Crippen molar-refractivity contribution in [1.82, 2.24) is 0 Å². The fourth-order valence-electron chi connectivity index (χ4n) is 2.65. The molecule has 1 aromatic rings. The number of rotatable bonds is 9. The second kappa shape index (κ2) is 8.76. The maximum Gasteiger partial charge on any atom is 0.460 e. The lowest BCUT2D eigenvalue weighted by atomic mass is 9.83. The molecule has 210 valence electrons. The van der Waals surface area contributed by atoms with Crippen molar-refractivity contribution in [3.8, 4) is 0 Å². The van der Waals surface area contributed by atoms with Crippen LogP contribution in [0.3, 0.4) is 0 Å². The number of aliphatic hydroxyl groups is 1. The Labute approximate surface area is 197 Å². The summed E-state index contributed by atoms with van der Waals surface area (Å²) in [6.45, 7) is 0.239. The molecule has 0 spiro atoms. The Kier molecular flexibility index (Phi) is 7.91. The summed E-state index contributed by atoms with van der Waals surface area (Å²) < 4.78 is 226. The molecule has 36 heavy (non-hydrogen) atoms. The minimum absolute atomic E-state index is 0.184. The molecule has 0 saturated carbocycles. The van der Waals surface area contributed by atoms with E-state index < -0.39 is 65.2 Å². The normalized spacial score (nSPS) is 17.2. The van der Waals surface area contributed by atoms with Gasteiger partial charge < -0.3 is 5.11 Å². The van der Waals surface area contributed by atoms with Crippen LogP contribution in [0.4, 0.5) is 74.6 Å². The van der Waals surface area contributed by atoms with Gasteiger partial charge in [0.1, 0.15) is 0 Å². The van der Waals surface area contributed by atoms with E-state index in [4.69, 9.17) is 0 Å². The predicted molar refractivity (Wildman–Crippen MR) is 89.0 cm³/mol. The molecule has 0 heterocycles. The van der Waals surface area contributed by atoms with E-state index in [9.17, 15) is 79.7 Å². The van der Waals surface area contributed by atoms with Crippen LogP contribution >= 0.6 is 15.9 Å². The molecule has 1 nitrogen and oxygen atoms in total. The van der Waals surface area contributed by atoms with Crippen molar-refractivity contribution in [2.24, 2.45) is 0 Å². The van der Waals surface area contributed by atoms with E-state index in [1.165, 1.54) is 0 Å². The Bertz CT molecular complexity index is 933. The average molecular weight is 633 g/mol. The van der Waals surface area contributed by atoms with Gasteiger partial charge in [-0.25, -0.2) is 0 Å². The van der Waals surface area contributed by atoms with Crippen molar-refractivity contribution in [3.63, 3.8) is 0 Å². The first-order chi connectivity index (χ1) is 15.5. The lowest BCUT2D eigenvalue weighted by Gasteiger charge is -2.43. The summed E-state index contributed by atoms with van der Waals surface area (Å²) in [7, 11) is 0. The molecule has 0 aliphatic rings. The molecule has 1 rings (SSSR count). The summed E-state index contributed by atoms with van der Waals surface area (Å²) in [5, 5.41) is 9.98. The van der Waals surface area contributed by atoms with Crippen LogP contribution in [0.5, 0.6) is 0 Å². The molecule has 0 aliphatic heterocycles. The Morgan fingerprint density at radius 2 is 0.861 bits per heavy atom. The molecule has 1 N–H and O–H groups in total. The summed E-state index contributed by atoms with van der Waals surface area (Å²) in [5.41, 5.74) is -4.09. The lowest BCUT2D eigenvalue weighted by Crippen LogP contribution is -2.74. The minimum Gasteiger partial charge on any atom is -0.385 e. The van der Waals surface area contributed by atoms with Gasteiger partial charge in [-0.2, -0.15) is 74.6 Å². The van der Waals surface area contributed by atoms with Gasteiger partial charge in [0.15, 0.2) is 0 Å². The van der Waals surface area contributed by atoms with E-state index in [2.05, 4.69) is 15.9 Å². The van der Waals surface area contributed by atoms with Gasteiger partial charge in [-0.3, -0.25) is 0 Å². The second-order valence-electron chi connectivity index (χ2n) is 7.61.